The number of ether oxygens (including phenoxy) is 1. The van der Waals surface area contributed by atoms with E-state index in [4.69, 9.17) is 4.74 Å². The summed E-state index contributed by atoms with van der Waals surface area (Å²) in [6.07, 6.45) is 0. The van der Waals surface area contributed by atoms with E-state index in [1.807, 2.05) is 19.2 Å². The summed E-state index contributed by atoms with van der Waals surface area (Å²) in [5, 5.41) is 5.58. The van der Waals surface area contributed by atoms with Crippen LogP contribution in [-0.2, 0) is 6.54 Å². The molecule has 0 fully saturated rings. The van der Waals surface area contributed by atoms with E-state index in [1.165, 1.54) is 10.4 Å². The lowest BCUT2D eigenvalue weighted by molar-refractivity contribution is 0.414. The predicted molar refractivity (Wildman–Crippen MR) is 98.6 cm³/mol. The fraction of sp³-hybridized carbons (Fsp3) is 0.389. The third kappa shape index (κ3) is 4.99. The molecule has 0 saturated carbocycles. The van der Waals surface area contributed by atoms with Crippen molar-refractivity contribution in [3.8, 4) is 5.75 Å². The molecule has 0 aliphatic heterocycles. The van der Waals surface area contributed by atoms with Crippen LogP contribution in [0.3, 0.4) is 0 Å². The molecule has 23 heavy (non-hydrogen) atoms. The molecule has 0 radical (unpaired) electrons. The maximum atomic E-state index is 5.19. The Morgan fingerprint density at radius 1 is 1.30 bits per heavy atom. The van der Waals surface area contributed by atoms with Crippen LogP contribution < -0.4 is 10.1 Å². The van der Waals surface area contributed by atoms with Crippen molar-refractivity contribution in [2.45, 2.75) is 19.4 Å². The molecule has 1 atom stereocenters. The molecule has 1 aromatic heterocycles. The summed E-state index contributed by atoms with van der Waals surface area (Å²) in [7, 11) is 5.56. The summed E-state index contributed by atoms with van der Waals surface area (Å²) in [4.78, 5) is 7.90. The van der Waals surface area contributed by atoms with Crippen LogP contribution in [0.15, 0.2) is 46.8 Å². The first-order valence-corrected chi connectivity index (χ1v) is 8.60. The van der Waals surface area contributed by atoms with Crippen LogP contribution in [-0.4, -0.2) is 38.6 Å². The molecule has 4 nitrogen and oxygen atoms in total. The highest BCUT2D eigenvalue weighted by Gasteiger charge is 2.10. The Kier molecular flexibility index (Phi) is 6.47. The predicted octanol–water partition coefficient (Wildman–Crippen LogP) is 3.57. The van der Waals surface area contributed by atoms with Gasteiger partial charge < -0.3 is 15.0 Å². The number of methoxy groups -OCH3 is 1. The number of hydrogen-bond donors (Lipinski definition) is 1. The summed E-state index contributed by atoms with van der Waals surface area (Å²) in [6.45, 7) is 3.91. The molecule has 2 rings (SSSR count). The molecule has 0 amide bonds. The second kappa shape index (κ2) is 8.58. The van der Waals surface area contributed by atoms with Gasteiger partial charge in [0.2, 0.25) is 0 Å². The summed E-state index contributed by atoms with van der Waals surface area (Å²) in [5.74, 6) is 2.26. The van der Waals surface area contributed by atoms with E-state index in [9.17, 15) is 0 Å². The monoisotopic (exact) mass is 331 g/mol. The van der Waals surface area contributed by atoms with E-state index in [-0.39, 0.29) is 0 Å². The summed E-state index contributed by atoms with van der Waals surface area (Å²) in [6, 6.07) is 12.4. The third-order valence-electron chi connectivity index (χ3n) is 3.75. The molecule has 0 saturated heterocycles. The Morgan fingerprint density at radius 3 is 2.61 bits per heavy atom. The molecule has 1 aromatic carbocycles. The molecular weight excluding hydrogens is 306 g/mol. The second-order valence-electron chi connectivity index (χ2n) is 5.55. The first kappa shape index (κ1) is 17.3. The van der Waals surface area contributed by atoms with E-state index in [2.05, 4.69) is 58.8 Å². The van der Waals surface area contributed by atoms with E-state index in [0.717, 1.165) is 24.8 Å². The maximum absolute atomic E-state index is 5.19. The van der Waals surface area contributed by atoms with Crippen LogP contribution in [0, 0.1) is 0 Å². The molecule has 0 bridgehead atoms. The van der Waals surface area contributed by atoms with Crippen molar-refractivity contribution in [3.05, 3.63) is 52.2 Å². The Morgan fingerprint density at radius 2 is 2.04 bits per heavy atom. The van der Waals surface area contributed by atoms with Gasteiger partial charge in [0.05, 0.1) is 7.11 Å². The van der Waals surface area contributed by atoms with Gasteiger partial charge in [0, 0.05) is 38.0 Å². The second-order valence-corrected chi connectivity index (χ2v) is 6.53. The lowest BCUT2D eigenvalue weighted by Crippen LogP contribution is -2.39. The third-order valence-corrected chi connectivity index (χ3v) is 4.85. The van der Waals surface area contributed by atoms with Crippen molar-refractivity contribution in [3.63, 3.8) is 0 Å². The van der Waals surface area contributed by atoms with Crippen LogP contribution in [0.1, 0.15) is 23.3 Å². The van der Waals surface area contributed by atoms with Gasteiger partial charge >= 0.3 is 0 Å². The number of guanidine groups is 1. The Hall–Kier alpha value is -2.01. The van der Waals surface area contributed by atoms with Crippen LogP contribution in [0.4, 0.5) is 0 Å². The minimum atomic E-state index is 0.473. The summed E-state index contributed by atoms with van der Waals surface area (Å²) >= 11 is 1.80. The molecule has 1 N–H and O–H groups in total. The smallest absolute Gasteiger partial charge is 0.193 e. The van der Waals surface area contributed by atoms with Gasteiger partial charge in [-0.3, -0.25) is 4.99 Å². The number of nitrogens with zero attached hydrogens (tertiary/aromatic N) is 2. The van der Waals surface area contributed by atoms with Gasteiger partial charge in [0.15, 0.2) is 5.96 Å². The zero-order chi connectivity index (χ0) is 16.7. The molecule has 0 aliphatic carbocycles. The van der Waals surface area contributed by atoms with Crippen molar-refractivity contribution in [1.82, 2.24) is 10.2 Å². The van der Waals surface area contributed by atoms with Gasteiger partial charge in [0.1, 0.15) is 5.75 Å². The lowest BCUT2D eigenvalue weighted by atomic mass is 10.1. The highest BCUT2D eigenvalue weighted by molar-refractivity contribution is 7.10. The van der Waals surface area contributed by atoms with Gasteiger partial charge in [-0.05, 0) is 29.1 Å². The number of nitrogens with one attached hydrogen (secondary N) is 1. The number of hydrogen-bond acceptors (Lipinski definition) is 3. The normalized spacial score (nSPS) is 12.8. The van der Waals surface area contributed by atoms with Crippen LogP contribution >= 0.6 is 11.3 Å². The average Bonchev–Trinajstić information content (AvgIpc) is 3.10. The average molecular weight is 331 g/mol. The number of aliphatic imine (C=N–C) groups is 1. The molecule has 0 spiro atoms. The fourth-order valence-electron chi connectivity index (χ4n) is 2.38. The lowest BCUT2D eigenvalue weighted by Gasteiger charge is -2.23. The largest absolute Gasteiger partial charge is 0.497 e. The van der Waals surface area contributed by atoms with Crippen molar-refractivity contribution in [2.75, 3.05) is 27.7 Å². The minimum absolute atomic E-state index is 0.473. The van der Waals surface area contributed by atoms with E-state index in [0.29, 0.717) is 5.92 Å². The molecule has 1 unspecified atom stereocenters. The standard InChI is InChI=1S/C18H25N3OS/c1-14(17-6-5-11-23-17)12-20-18(19-2)21(3)13-15-7-9-16(22-4)10-8-15/h5-11,14H,12-13H2,1-4H3,(H,19,20). The molecule has 1 heterocycles. The highest BCUT2D eigenvalue weighted by Crippen LogP contribution is 2.19. The number of benzene rings is 1. The number of rotatable bonds is 6. The van der Waals surface area contributed by atoms with Crippen molar-refractivity contribution >= 4 is 17.3 Å². The molecule has 0 aliphatic rings. The first-order chi connectivity index (χ1) is 11.1. The molecule has 2 aromatic rings. The maximum Gasteiger partial charge on any atom is 0.193 e. The quantitative estimate of drug-likeness (QED) is 0.649. The van der Waals surface area contributed by atoms with Crippen molar-refractivity contribution in [2.24, 2.45) is 4.99 Å². The van der Waals surface area contributed by atoms with E-state index < -0.39 is 0 Å². The SMILES string of the molecule is CN=C(NCC(C)c1cccs1)N(C)Cc1ccc(OC)cc1. The van der Waals surface area contributed by atoms with Crippen LogP contribution in [0.2, 0.25) is 0 Å². The highest BCUT2D eigenvalue weighted by atomic mass is 32.1. The Bertz CT molecular complexity index is 608. The molecular formula is C18H25N3OS. The topological polar surface area (TPSA) is 36.9 Å². The van der Waals surface area contributed by atoms with Gasteiger partial charge in [-0.2, -0.15) is 0 Å². The summed E-state index contributed by atoms with van der Waals surface area (Å²) in [5.41, 5.74) is 1.22. The van der Waals surface area contributed by atoms with Crippen molar-refractivity contribution in [1.29, 1.82) is 0 Å². The Balaban J connectivity index is 1.89. The van der Waals surface area contributed by atoms with Gasteiger partial charge in [0.25, 0.3) is 0 Å². The van der Waals surface area contributed by atoms with E-state index in [1.54, 1.807) is 18.4 Å². The fourth-order valence-corrected chi connectivity index (χ4v) is 3.17. The number of thiophene rings is 1. The zero-order valence-corrected chi connectivity index (χ0v) is 15.1. The zero-order valence-electron chi connectivity index (χ0n) is 14.2. The van der Waals surface area contributed by atoms with Gasteiger partial charge in [-0.1, -0.05) is 25.1 Å². The summed E-state index contributed by atoms with van der Waals surface area (Å²) < 4.78 is 5.19. The Labute approximate surface area is 142 Å². The van der Waals surface area contributed by atoms with E-state index >= 15 is 0 Å². The van der Waals surface area contributed by atoms with Crippen molar-refractivity contribution < 1.29 is 4.74 Å². The minimum Gasteiger partial charge on any atom is -0.497 e. The van der Waals surface area contributed by atoms with Crippen LogP contribution in [0.5, 0.6) is 5.75 Å². The van der Waals surface area contributed by atoms with Gasteiger partial charge in [-0.15, -0.1) is 11.3 Å². The molecule has 124 valence electrons. The molecule has 5 heteroatoms. The van der Waals surface area contributed by atoms with Gasteiger partial charge in [-0.25, -0.2) is 0 Å². The van der Waals surface area contributed by atoms with Crippen LogP contribution in [0.25, 0.3) is 0 Å². The first-order valence-electron chi connectivity index (χ1n) is 7.72.